The zero-order valence-electron chi connectivity index (χ0n) is 50.1. The molecular weight excluding hydrogens is 1100 g/mol. The van der Waals surface area contributed by atoms with Crippen molar-refractivity contribution in [2.45, 2.75) is 177 Å². The van der Waals surface area contributed by atoms with Crippen LogP contribution in [0.3, 0.4) is 0 Å². The number of ketones is 2. The first-order chi connectivity index (χ1) is 36.4. The van der Waals surface area contributed by atoms with E-state index in [1.165, 1.54) is 96.6 Å². The Bertz CT molecular complexity index is 1840. The predicted octanol–water partition coefficient (Wildman–Crippen LogP) is 20.9. The van der Waals surface area contributed by atoms with Gasteiger partial charge in [0.15, 0.2) is 0 Å². The van der Waals surface area contributed by atoms with Crippen LogP contribution >= 0.6 is 69.6 Å². The normalized spacial score (nSPS) is 9.06. The van der Waals surface area contributed by atoms with Gasteiger partial charge in [-0.2, -0.15) is 0 Å². The molecule has 8 nitrogen and oxygen atoms in total. The van der Waals surface area contributed by atoms with Crippen LogP contribution in [-0.2, 0) is 40.0 Å². The highest BCUT2D eigenvalue weighted by Crippen LogP contribution is 2.25. The van der Waals surface area contributed by atoms with Gasteiger partial charge in [0.1, 0.15) is 11.6 Å². The van der Waals surface area contributed by atoms with Gasteiger partial charge in [0.25, 0.3) is 5.24 Å². The van der Waals surface area contributed by atoms with Gasteiger partial charge in [0, 0.05) is 39.2 Å². The number of hydrogen-bond donors (Lipinski definition) is 0. The molecule has 0 bridgehead atoms. The lowest BCUT2D eigenvalue weighted by Gasteiger charge is -2.16. The van der Waals surface area contributed by atoms with Crippen molar-refractivity contribution in [1.82, 2.24) is 0 Å². The Hall–Kier alpha value is -4.54. The van der Waals surface area contributed by atoms with Crippen LogP contribution in [0.1, 0.15) is 192 Å². The molecule has 0 amide bonds. The third-order valence-electron chi connectivity index (χ3n) is 6.68. The first-order valence-electron chi connectivity index (χ1n) is 26.0. The second-order valence-electron chi connectivity index (χ2n) is 13.5. The molecule has 0 atom stereocenters. The van der Waals surface area contributed by atoms with Crippen molar-refractivity contribution >= 4 is 123 Å². The Morgan fingerprint density at radius 3 is 0.701 bits per heavy atom. The van der Waals surface area contributed by atoms with Crippen molar-refractivity contribution in [2.75, 3.05) is 0 Å². The summed E-state index contributed by atoms with van der Waals surface area (Å²) in [5.74, 6) is 0.514. The van der Waals surface area contributed by atoms with Gasteiger partial charge in [-0.15, -0.1) is 0 Å². The third kappa shape index (κ3) is 104. The standard InChI is InChI=1S/C13H12.C10H8.C7H11ClO.C7H5ClO.2C3H6O.4C2H3ClO.6C2H6/c1-3-7-12(8-4-1)11-13-9-5-2-6-10-13;1-2-6-10-8-4-3-7-9(10)5-1;2*8-7(9)6-4-2-1-3-5-6;2*1-3(2)4;4*1-2(3)4;6*1-2/h1-10H,11H2;1-8H;6H,1-5H2;1-5H;2*1-2H3;4*1H3;6*1-2H3. The topological polar surface area (TPSA) is 137 Å². The van der Waals surface area contributed by atoms with Gasteiger partial charge in [-0.3, -0.25) is 28.8 Å². The Kier molecular flexibility index (Phi) is 98.9. The Labute approximate surface area is 497 Å². The Balaban J connectivity index is -0.0000000816. The van der Waals surface area contributed by atoms with Crippen LogP contribution in [0.25, 0.3) is 10.8 Å². The maximum Gasteiger partial charge on any atom is 0.252 e. The van der Waals surface area contributed by atoms with E-state index in [0.29, 0.717) is 5.56 Å². The van der Waals surface area contributed by atoms with E-state index in [2.05, 4.69) is 156 Å². The van der Waals surface area contributed by atoms with Crippen molar-refractivity contribution in [3.63, 3.8) is 0 Å². The summed E-state index contributed by atoms with van der Waals surface area (Å²) in [5.41, 5.74) is 3.28. The highest BCUT2D eigenvalue weighted by Gasteiger charge is 2.18. The van der Waals surface area contributed by atoms with Crippen LogP contribution in [0.15, 0.2) is 140 Å². The van der Waals surface area contributed by atoms with Gasteiger partial charge in [-0.05, 0) is 138 Å². The minimum atomic E-state index is -0.407. The average molecular weight is 1190 g/mol. The number of Topliss-reactive ketones (excluding diaryl/α,β-unsaturated/α-hetero) is 2. The first kappa shape index (κ1) is 94.8. The van der Waals surface area contributed by atoms with Gasteiger partial charge in [-0.1, -0.05) is 242 Å². The number of rotatable bonds is 4. The maximum absolute atomic E-state index is 10.6. The third-order valence-corrected chi connectivity index (χ3v) is 7.21. The molecule has 1 fully saturated rings. The van der Waals surface area contributed by atoms with E-state index in [-0.39, 0.29) is 43.7 Å². The first-order valence-corrected chi connectivity index (χ1v) is 28.2. The van der Waals surface area contributed by atoms with E-state index in [9.17, 15) is 38.4 Å². The lowest BCUT2D eigenvalue weighted by atomic mass is 9.90. The van der Waals surface area contributed by atoms with E-state index < -0.39 is 5.24 Å². The fourth-order valence-electron chi connectivity index (χ4n) is 4.46. The smallest absolute Gasteiger partial charge is 0.252 e. The van der Waals surface area contributed by atoms with E-state index >= 15 is 0 Å². The molecule has 0 aliphatic heterocycles. The highest BCUT2D eigenvalue weighted by atomic mass is 35.5. The number of carbonyl (C=O) groups is 8. The second-order valence-corrected chi connectivity index (χ2v) is 16.3. The summed E-state index contributed by atoms with van der Waals surface area (Å²) in [7, 11) is 0. The summed E-state index contributed by atoms with van der Waals surface area (Å²) in [6.45, 7) is 35.3. The molecule has 438 valence electrons. The minimum absolute atomic E-state index is 0.130. The van der Waals surface area contributed by atoms with E-state index in [1.807, 2.05) is 89.2 Å². The number of carbonyl (C=O) groups excluding carboxylic acids is 8. The van der Waals surface area contributed by atoms with Gasteiger partial charge in [-0.25, -0.2) is 0 Å². The van der Waals surface area contributed by atoms with Crippen molar-refractivity contribution in [1.29, 1.82) is 0 Å². The molecule has 1 aliphatic rings. The predicted molar refractivity (Wildman–Crippen MR) is 341 cm³/mol. The molecule has 0 radical (unpaired) electrons. The molecule has 0 saturated heterocycles. The molecule has 0 aromatic heterocycles. The summed E-state index contributed by atoms with van der Waals surface area (Å²) < 4.78 is 0. The second kappa shape index (κ2) is 80.3. The quantitative estimate of drug-likeness (QED) is 0.162. The monoisotopic (exact) mass is 1190 g/mol. The molecule has 0 spiro atoms. The average Bonchev–Trinajstić information content (AvgIpc) is 3.41. The number of hydrogen-bond acceptors (Lipinski definition) is 8. The molecule has 0 heterocycles. The lowest BCUT2D eigenvalue weighted by Crippen LogP contribution is -2.12. The largest absolute Gasteiger partial charge is 0.300 e. The summed E-state index contributed by atoms with van der Waals surface area (Å²) >= 11 is 29.0. The minimum Gasteiger partial charge on any atom is -0.300 e. The van der Waals surface area contributed by atoms with Crippen LogP contribution in [0, 0.1) is 5.92 Å². The van der Waals surface area contributed by atoms with Crippen molar-refractivity contribution < 1.29 is 38.4 Å². The molecule has 0 unspecified atom stereocenters. The fourth-order valence-corrected chi connectivity index (χ4v) is 4.80. The summed E-state index contributed by atoms with van der Waals surface area (Å²) in [5, 5.41) is 0.639. The highest BCUT2D eigenvalue weighted by molar-refractivity contribution is 6.67. The molecule has 77 heavy (non-hydrogen) atoms. The molecule has 6 rings (SSSR count). The fraction of sp³-hybridized carbons (Fsp3) is 0.429. The van der Waals surface area contributed by atoms with Gasteiger partial charge in [0.05, 0.1) is 0 Å². The number of fused-ring (bicyclic) bond motifs is 1. The van der Waals surface area contributed by atoms with Crippen molar-refractivity contribution in [3.05, 3.63) is 156 Å². The molecule has 14 heteroatoms. The van der Waals surface area contributed by atoms with Crippen LogP contribution in [0.2, 0.25) is 0 Å². The van der Waals surface area contributed by atoms with Crippen LogP contribution in [0.4, 0.5) is 0 Å². The Morgan fingerprint density at radius 2 is 0.532 bits per heavy atom. The van der Waals surface area contributed by atoms with Gasteiger partial charge in [0.2, 0.25) is 26.2 Å². The lowest BCUT2D eigenvalue weighted by molar-refractivity contribution is -0.116. The van der Waals surface area contributed by atoms with Crippen molar-refractivity contribution in [3.8, 4) is 0 Å². The molecular formula is C63H96Cl6O8. The van der Waals surface area contributed by atoms with E-state index in [4.69, 9.17) is 23.2 Å². The molecule has 1 saturated carbocycles. The summed E-state index contributed by atoms with van der Waals surface area (Å²) in [4.78, 5) is 76.7. The van der Waals surface area contributed by atoms with Gasteiger partial charge < -0.3 is 9.59 Å². The Morgan fingerprint density at radius 1 is 0.338 bits per heavy atom. The van der Waals surface area contributed by atoms with Crippen LogP contribution in [-0.4, -0.2) is 43.0 Å². The van der Waals surface area contributed by atoms with E-state index in [0.717, 1.165) is 19.3 Å². The molecule has 5 aromatic rings. The van der Waals surface area contributed by atoms with Crippen molar-refractivity contribution in [2.24, 2.45) is 5.92 Å². The number of benzene rings is 5. The molecule has 1 aliphatic carbocycles. The number of halogens is 6. The zero-order valence-corrected chi connectivity index (χ0v) is 54.7. The van der Waals surface area contributed by atoms with Crippen LogP contribution in [0.5, 0.6) is 0 Å². The van der Waals surface area contributed by atoms with Gasteiger partial charge >= 0.3 is 0 Å². The zero-order chi connectivity index (χ0) is 62.6. The summed E-state index contributed by atoms with van der Waals surface area (Å²) in [6, 6.07) is 46.5. The van der Waals surface area contributed by atoms with E-state index in [1.54, 1.807) is 24.3 Å². The molecule has 5 aromatic carbocycles. The molecule has 0 N–H and O–H groups in total. The van der Waals surface area contributed by atoms with Crippen LogP contribution < -0.4 is 0 Å². The summed E-state index contributed by atoms with van der Waals surface area (Å²) in [6.07, 6.45) is 6.71. The SMILES string of the molecule is CC.CC.CC.CC.CC.CC.CC(=O)Cl.CC(=O)Cl.CC(=O)Cl.CC(=O)Cl.CC(C)=O.CC(C)=O.O=C(Cl)C1CCCCC1.O=C(Cl)c1ccccc1.c1ccc(Cc2ccccc2)cc1.c1ccc2ccccc2c1. The maximum atomic E-state index is 10.6.